The molecule has 0 amide bonds. The van der Waals surface area contributed by atoms with Gasteiger partial charge in [-0.3, -0.25) is 28.8 Å². The van der Waals surface area contributed by atoms with E-state index >= 15 is 0 Å². The number of aliphatic hydroxyl groups is 1. The van der Waals surface area contributed by atoms with Gasteiger partial charge in [0.1, 0.15) is 39.1 Å². The fourth-order valence-electron chi connectivity index (χ4n) is 3.28. The first-order valence-corrected chi connectivity index (χ1v) is 13.9. The number of hydrogen-bond donors (Lipinski definition) is 1. The molecular formula is C28H46O13. The number of rotatable bonds is 22. The highest BCUT2D eigenvalue weighted by molar-refractivity contribution is 5.83. The van der Waals surface area contributed by atoms with Crippen molar-refractivity contribution < 1.29 is 62.3 Å². The van der Waals surface area contributed by atoms with Gasteiger partial charge in [-0.2, -0.15) is 0 Å². The zero-order valence-corrected chi connectivity index (χ0v) is 25.1. The molecule has 0 heterocycles. The van der Waals surface area contributed by atoms with Crippen molar-refractivity contribution in [3.63, 3.8) is 0 Å². The van der Waals surface area contributed by atoms with Crippen molar-refractivity contribution >= 4 is 35.6 Å². The number of Topliss-reactive ketones (excluding diaryl/α,β-unsaturated/α-hetero) is 1. The third-order valence-electron chi connectivity index (χ3n) is 6.13. The number of aliphatic hydroxyl groups excluding tert-OH is 1. The average molecular weight is 591 g/mol. The molecule has 236 valence electrons. The lowest BCUT2D eigenvalue weighted by molar-refractivity contribution is -0.180. The van der Waals surface area contributed by atoms with Crippen LogP contribution in [0.3, 0.4) is 0 Å². The predicted octanol–water partition coefficient (Wildman–Crippen LogP) is 2.08. The lowest BCUT2D eigenvalue weighted by Gasteiger charge is -2.38. The van der Waals surface area contributed by atoms with Gasteiger partial charge < -0.3 is 33.5 Å². The van der Waals surface area contributed by atoms with E-state index in [1.807, 2.05) is 0 Å². The van der Waals surface area contributed by atoms with Gasteiger partial charge in [-0.05, 0) is 0 Å². The van der Waals surface area contributed by atoms with Gasteiger partial charge >= 0.3 is 29.8 Å². The number of ketones is 1. The van der Waals surface area contributed by atoms with Crippen molar-refractivity contribution in [1.29, 1.82) is 0 Å². The van der Waals surface area contributed by atoms with E-state index in [-0.39, 0.29) is 65.0 Å². The second kappa shape index (κ2) is 19.9. The average Bonchev–Trinajstić information content (AvgIpc) is 3.00. The molecule has 1 unspecified atom stereocenters. The van der Waals surface area contributed by atoms with Crippen LogP contribution in [0.1, 0.15) is 80.1 Å². The highest BCUT2D eigenvalue weighted by Gasteiger charge is 2.46. The fourth-order valence-corrected chi connectivity index (χ4v) is 3.28. The van der Waals surface area contributed by atoms with Gasteiger partial charge in [-0.1, -0.05) is 41.5 Å². The van der Waals surface area contributed by atoms with Gasteiger partial charge in [0.25, 0.3) is 0 Å². The standard InChI is InChI=1S/C28H46O13/c1-7-20(29)26(35)28(18-40-24(33)11-5,19-41-25(34)12-6)17-36-13-27(14-37-21(30)8-2,15-38-22(31)9-3)16-39-23(32)10-4/h26,35H,7-19H2,1-6H3. The predicted molar refractivity (Wildman–Crippen MR) is 143 cm³/mol. The van der Waals surface area contributed by atoms with E-state index in [4.69, 9.17) is 28.4 Å². The van der Waals surface area contributed by atoms with Crippen LogP contribution >= 0.6 is 0 Å². The molecule has 41 heavy (non-hydrogen) atoms. The lowest BCUT2D eigenvalue weighted by Crippen LogP contribution is -2.52. The second-order valence-corrected chi connectivity index (χ2v) is 9.65. The summed E-state index contributed by atoms with van der Waals surface area (Å²) in [4.78, 5) is 72.6. The lowest BCUT2D eigenvalue weighted by atomic mass is 9.81. The maximum absolute atomic E-state index is 12.6. The van der Waals surface area contributed by atoms with Crippen molar-refractivity contribution in [2.75, 3.05) is 46.2 Å². The Morgan fingerprint density at radius 1 is 0.488 bits per heavy atom. The molecule has 0 aromatic carbocycles. The van der Waals surface area contributed by atoms with Crippen LogP contribution in [0.25, 0.3) is 0 Å². The summed E-state index contributed by atoms with van der Waals surface area (Å²) in [5, 5.41) is 11.0. The van der Waals surface area contributed by atoms with Crippen LogP contribution in [0.15, 0.2) is 0 Å². The van der Waals surface area contributed by atoms with Gasteiger partial charge in [0.05, 0.1) is 24.0 Å². The van der Waals surface area contributed by atoms with Gasteiger partial charge in [0.15, 0.2) is 5.78 Å². The summed E-state index contributed by atoms with van der Waals surface area (Å²) < 4.78 is 32.4. The monoisotopic (exact) mass is 590 g/mol. The molecule has 0 bridgehead atoms. The molecule has 13 nitrogen and oxygen atoms in total. The zero-order chi connectivity index (χ0) is 31.5. The summed E-state index contributed by atoms with van der Waals surface area (Å²) in [6.07, 6.45) is -1.61. The van der Waals surface area contributed by atoms with Crippen molar-refractivity contribution in [3.8, 4) is 0 Å². The Hall–Kier alpha value is -3.06. The molecular weight excluding hydrogens is 544 g/mol. The first kappa shape index (κ1) is 37.9. The van der Waals surface area contributed by atoms with E-state index in [1.54, 1.807) is 34.6 Å². The molecule has 0 saturated carbocycles. The zero-order valence-electron chi connectivity index (χ0n) is 25.1. The summed E-state index contributed by atoms with van der Waals surface area (Å²) in [5.41, 5.74) is -3.07. The Kier molecular flexibility index (Phi) is 18.4. The first-order chi connectivity index (χ1) is 19.4. The highest BCUT2D eigenvalue weighted by atomic mass is 16.6. The Balaban J connectivity index is 6.37. The molecule has 0 radical (unpaired) electrons. The van der Waals surface area contributed by atoms with E-state index in [0.717, 1.165) is 0 Å². The van der Waals surface area contributed by atoms with Crippen LogP contribution in [0.4, 0.5) is 0 Å². The van der Waals surface area contributed by atoms with Gasteiger partial charge in [0.2, 0.25) is 0 Å². The minimum Gasteiger partial charge on any atom is -0.465 e. The number of esters is 5. The minimum absolute atomic E-state index is 0.0149. The van der Waals surface area contributed by atoms with E-state index in [0.29, 0.717) is 0 Å². The number of hydrogen-bond acceptors (Lipinski definition) is 13. The van der Waals surface area contributed by atoms with Crippen molar-refractivity contribution in [1.82, 2.24) is 0 Å². The van der Waals surface area contributed by atoms with Crippen LogP contribution in [-0.2, 0) is 57.2 Å². The van der Waals surface area contributed by atoms with E-state index in [1.165, 1.54) is 6.92 Å². The summed E-state index contributed by atoms with van der Waals surface area (Å²) in [5.74, 6) is -3.53. The van der Waals surface area contributed by atoms with Crippen LogP contribution in [0.5, 0.6) is 0 Å². The first-order valence-electron chi connectivity index (χ1n) is 13.9. The SMILES string of the molecule is CCC(=O)OCC(COCC(COC(=O)CC)(COC(=O)CC)C(O)C(=O)CC)(COC(=O)CC)COC(=O)CC. The Morgan fingerprint density at radius 3 is 1.10 bits per heavy atom. The second-order valence-electron chi connectivity index (χ2n) is 9.65. The van der Waals surface area contributed by atoms with Crippen LogP contribution in [0.2, 0.25) is 0 Å². The maximum atomic E-state index is 12.6. The van der Waals surface area contributed by atoms with Crippen LogP contribution in [0, 0.1) is 10.8 Å². The van der Waals surface area contributed by atoms with Crippen LogP contribution in [-0.4, -0.2) is 93.1 Å². The maximum Gasteiger partial charge on any atom is 0.305 e. The van der Waals surface area contributed by atoms with E-state index in [9.17, 15) is 33.9 Å². The van der Waals surface area contributed by atoms with Gasteiger partial charge in [0, 0.05) is 38.5 Å². The molecule has 0 aliphatic heterocycles. The van der Waals surface area contributed by atoms with Crippen molar-refractivity contribution in [2.24, 2.45) is 10.8 Å². The van der Waals surface area contributed by atoms with Crippen LogP contribution < -0.4 is 0 Å². The highest BCUT2D eigenvalue weighted by Crippen LogP contribution is 2.29. The summed E-state index contributed by atoms with van der Waals surface area (Å²) in [7, 11) is 0. The van der Waals surface area contributed by atoms with Crippen molar-refractivity contribution in [2.45, 2.75) is 86.2 Å². The van der Waals surface area contributed by atoms with Gasteiger partial charge in [-0.25, -0.2) is 0 Å². The Bertz CT molecular complexity index is 797. The largest absolute Gasteiger partial charge is 0.465 e. The third-order valence-corrected chi connectivity index (χ3v) is 6.13. The molecule has 1 N–H and O–H groups in total. The molecule has 0 rings (SSSR count). The molecule has 1 atom stereocenters. The smallest absolute Gasteiger partial charge is 0.305 e. The minimum atomic E-state index is -1.75. The molecule has 0 aromatic rings. The number of carbonyl (C=O) groups excluding carboxylic acids is 6. The summed E-state index contributed by atoms with van der Waals surface area (Å²) >= 11 is 0. The molecule has 0 aliphatic rings. The quantitative estimate of drug-likeness (QED) is 0.143. The molecule has 0 aromatic heterocycles. The van der Waals surface area contributed by atoms with Crippen molar-refractivity contribution in [3.05, 3.63) is 0 Å². The topological polar surface area (TPSA) is 178 Å². The normalized spacial score (nSPS) is 12.2. The summed E-state index contributed by atoms with van der Waals surface area (Å²) in [6, 6.07) is 0. The molecule has 0 spiro atoms. The molecule has 0 fully saturated rings. The van der Waals surface area contributed by atoms with E-state index < -0.39 is 72.4 Å². The molecule has 13 heteroatoms. The third kappa shape index (κ3) is 13.9. The molecule has 0 saturated heterocycles. The summed E-state index contributed by atoms with van der Waals surface area (Å²) in [6.45, 7) is 6.50. The number of ether oxygens (including phenoxy) is 6. The fraction of sp³-hybridized carbons (Fsp3) is 0.786. The Labute approximate surface area is 241 Å². The number of carbonyl (C=O) groups is 6. The van der Waals surface area contributed by atoms with Gasteiger partial charge in [-0.15, -0.1) is 0 Å². The van der Waals surface area contributed by atoms with E-state index in [2.05, 4.69) is 0 Å². The molecule has 0 aliphatic carbocycles. The Morgan fingerprint density at radius 2 is 0.805 bits per heavy atom.